The van der Waals surface area contributed by atoms with Gasteiger partial charge in [0.15, 0.2) is 6.10 Å². The fourth-order valence-corrected chi connectivity index (χ4v) is 3.85. The lowest BCUT2D eigenvalue weighted by Crippen LogP contribution is -2.41. The van der Waals surface area contributed by atoms with E-state index in [0.29, 0.717) is 22.9 Å². The predicted molar refractivity (Wildman–Crippen MR) is 107 cm³/mol. The maximum Gasteiger partial charge on any atom is 0.265 e. The lowest BCUT2D eigenvalue weighted by Gasteiger charge is -2.24. The Kier molecular flexibility index (Phi) is 5.76. The van der Waals surface area contributed by atoms with E-state index in [1.165, 1.54) is 38.3 Å². The number of sulfonamides is 1. The minimum atomic E-state index is -3.89. The summed E-state index contributed by atoms with van der Waals surface area (Å²) in [7, 11) is -2.41. The summed E-state index contributed by atoms with van der Waals surface area (Å²) in [5, 5.41) is 5.30. The van der Waals surface area contributed by atoms with Gasteiger partial charge in [-0.05, 0) is 56.3 Å². The van der Waals surface area contributed by atoms with Gasteiger partial charge in [-0.25, -0.2) is 8.42 Å². The van der Waals surface area contributed by atoms with Gasteiger partial charge in [0, 0.05) is 5.69 Å². The average molecular weight is 419 g/mol. The van der Waals surface area contributed by atoms with Gasteiger partial charge in [-0.15, -0.1) is 0 Å². The Bertz CT molecular complexity index is 1040. The van der Waals surface area contributed by atoms with Gasteiger partial charge in [0.05, 0.1) is 23.7 Å². The second-order valence-corrected chi connectivity index (χ2v) is 8.18. The van der Waals surface area contributed by atoms with Gasteiger partial charge in [0.25, 0.3) is 5.91 Å². The van der Waals surface area contributed by atoms with Crippen molar-refractivity contribution in [3.05, 3.63) is 42.5 Å². The molecule has 0 fully saturated rings. The van der Waals surface area contributed by atoms with E-state index in [1.54, 1.807) is 25.1 Å². The van der Waals surface area contributed by atoms with Crippen LogP contribution in [0.4, 0.5) is 11.4 Å². The summed E-state index contributed by atoms with van der Waals surface area (Å²) in [6.07, 6.45) is -0.602. The van der Waals surface area contributed by atoms with Crippen molar-refractivity contribution in [1.29, 1.82) is 0 Å². The second kappa shape index (κ2) is 8.10. The largest absolute Gasteiger partial charge is 0.497 e. The van der Waals surface area contributed by atoms with Crippen molar-refractivity contribution in [3.8, 4) is 11.5 Å². The highest BCUT2D eigenvalue weighted by atomic mass is 32.2. The Morgan fingerprint density at radius 1 is 1.21 bits per heavy atom. The zero-order valence-electron chi connectivity index (χ0n) is 16.1. The van der Waals surface area contributed by atoms with Gasteiger partial charge < -0.3 is 20.1 Å². The van der Waals surface area contributed by atoms with Crippen molar-refractivity contribution in [2.75, 3.05) is 17.7 Å². The van der Waals surface area contributed by atoms with Crippen LogP contribution >= 0.6 is 0 Å². The molecule has 1 aliphatic rings. The topological polar surface area (TPSA) is 123 Å². The van der Waals surface area contributed by atoms with Crippen LogP contribution in [0.3, 0.4) is 0 Å². The van der Waals surface area contributed by atoms with Crippen molar-refractivity contribution in [1.82, 2.24) is 4.72 Å². The van der Waals surface area contributed by atoms with Crippen LogP contribution in [0.2, 0.25) is 0 Å². The molecule has 154 valence electrons. The highest BCUT2D eigenvalue weighted by Gasteiger charge is 2.25. The average Bonchev–Trinajstić information content (AvgIpc) is 2.68. The molecule has 29 heavy (non-hydrogen) atoms. The fourth-order valence-electron chi connectivity index (χ4n) is 2.65. The van der Waals surface area contributed by atoms with E-state index in [4.69, 9.17) is 9.47 Å². The molecule has 0 aromatic heterocycles. The summed E-state index contributed by atoms with van der Waals surface area (Å²) in [4.78, 5) is 24.2. The molecule has 0 radical (unpaired) electrons. The molecule has 0 bridgehead atoms. The van der Waals surface area contributed by atoms with E-state index < -0.39 is 28.1 Å². The van der Waals surface area contributed by atoms with Crippen molar-refractivity contribution in [2.24, 2.45) is 0 Å². The molecule has 0 saturated carbocycles. The van der Waals surface area contributed by atoms with E-state index in [9.17, 15) is 18.0 Å². The van der Waals surface area contributed by atoms with Crippen molar-refractivity contribution < 1.29 is 27.5 Å². The first-order valence-electron chi connectivity index (χ1n) is 8.78. The molecule has 0 aliphatic carbocycles. The van der Waals surface area contributed by atoms with E-state index in [0.717, 1.165) is 0 Å². The molecule has 10 heteroatoms. The molecule has 0 unspecified atom stereocenters. The van der Waals surface area contributed by atoms with Gasteiger partial charge in [0.1, 0.15) is 11.5 Å². The number of fused-ring (bicyclic) bond motifs is 1. The summed E-state index contributed by atoms with van der Waals surface area (Å²) < 4.78 is 37.7. The van der Waals surface area contributed by atoms with Crippen LogP contribution in [-0.2, 0) is 19.6 Å². The number of hydrogen-bond donors (Lipinski definition) is 3. The van der Waals surface area contributed by atoms with Crippen molar-refractivity contribution in [2.45, 2.75) is 30.9 Å². The number of anilines is 2. The first kappa shape index (κ1) is 20.6. The quantitative estimate of drug-likeness (QED) is 0.655. The molecule has 9 nitrogen and oxygen atoms in total. The normalized spacial score (nSPS) is 16.8. The van der Waals surface area contributed by atoms with Gasteiger partial charge >= 0.3 is 0 Å². The third-order valence-electron chi connectivity index (χ3n) is 4.27. The molecule has 3 N–H and O–H groups in total. The molecule has 3 rings (SSSR count). The number of amides is 2. The number of carbonyl (C=O) groups is 2. The molecule has 0 saturated heterocycles. The van der Waals surface area contributed by atoms with Crippen LogP contribution in [0.15, 0.2) is 47.4 Å². The summed E-state index contributed by atoms with van der Waals surface area (Å²) in [6.45, 7) is 3.06. The van der Waals surface area contributed by atoms with Crippen LogP contribution in [-0.4, -0.2) is 39.5 Å². The Morgan fingerprint density at radius 2 is 1.90 bits per heavy atom. The highest BCUT2D eigenvalue weighted by molar-refractivity contribution is 7.89. The second-order valence-electron chi connectivity index (χ2n) is 6.47. The molecular weight excluding hydrogens is 398 g/mol. The van der Waals surface area contributed by atoms with Crippen LogP contribution in [0, 0.1) is 0 Å². The molecule has 2 atom stereocenters. The van der Waals surface area contributed by atoms with Gasteiger partial charge in [-0.2, -0.15) is 4.72 Å². The standard InChI is InChI=1S/C19H21N3O6S/c1-11(22-29(25,26)15-7-5-14(27-3)6-8-15)18(23)20-13-4-9-17-16(10-13)21-19(24)12(2)28-17/h4-12,22H,1-3H3,(H,20,23)(H,21,24)/t11-,12+/m0/s1. The number of ether oxygens (including phenoxy) is 2. The van der Waals surface area contributed by atoms with Crippen LogP contribution < -0.4 is 24.8 Å². The van der Waals surface area contributed by atoms with E-state index in [1.807, 2.05) is 0 Å². The highest BCUT2D eigenvalue weighted by Crippen LogP contribution is 2.32. The Hall–Kier alpha value is -3.11. The number of carbonyl (C=O) groups excluding carboxylic acids is 2. The maximum atomic E-state index is 12.5. The van der Waals surface area contributed by atoms with E-state index in [-0.39, 0.29) is 10.8 Å². The number of benzene rings is 2. The first-order chi connectivity index (χ1) is 13.7. The third kappa shape index (κ3) is 4.66. The Morgan fingerprint density at radius 3 is 2.55 bits per heavy atom. The van der Waals surface area contributed by atoms with Crippen molar-refractivity contribution >= 4 is 33.2 Å². The minimum absolute atomic E-state index is 0.0145. The molecular formula is C19H21N3O6S. The van der Waals surface area contributed by atoms with Gasteiger partial charge in [0.2, 0.25) is 15.9 Å². The summed E-state index contributed by atoms with van der Waals surface area (Å²) in [5.74, 6) is 0.163. The number of methoxy groups -OCH3 is 1. The van der Waals surface area contributed by atoms with Gasteiger partial charge in [-0.3, -0.25) is 9.59 Å². The van der Waals surface area contributed by atoms with Crippen LogP contribution in [0.5, 0.6) is 11.5 Å². The number of hydrogen-bond acceptors (Lipinski definition) is 6. The molecule has 1 aliphatic heterocycles. The smallest absolute Gasteiger partial charge is 0.265 e. The van der Waals surface area contributed by atoms with Crippen LogP contribution in [0.1, 0.15) is 13.8 Å². The Balaban J connectivity index is 1.67. The lowest BCUT2D eigenvalue weighted by molar-refractivity contribution is -0.122. The molecule has 0 spiro atoms. The monoisotopic (exact) mass is 419 g/mol. The number of nitrogens with one attached hydrogen (secondary N) is 3. The Labute approximate surface area is 168 Å². The summed E-state index contributed by atoms with van der Waals surface area (Å²) in [6, 6.07) is 9.54. The fraction of sp³-hybridized carbons (Fsp3) is 0.263. The maximum absolute atomic E-state index is 12.5. The third-order valence-corrected chi connectivity index (χ3v) is 5.83. The molecule has 2 aromatic carbocycles. The molecule has 1 heterocycles. The van der Waals surface area contributed by atoms with Crippen molar-refractivity contribution in [3.63, 3.8) is 0 Å². The SMILES string of the molecule is COc1ccc(S(=O)(=O)N[C@@H](C)C(=O)Nc2ccc3c(c2)NC(=O)[C@@H](C)O3)cc1. The zero-order chi connectivity index (χ0) is 21.2. The zero-order valence-corrected chi connectivity index (χ0v) is 16.9. The summed E-state index contributed by atoms with van der Waals surface area (Å²) in [5.41, 5.74) is 0.820. The predicted octanol–water partition coefficient (Wildman–Crippen LogP) is 1.72. The summed E-state index contributed by atoms with van der Waals surface area (Å²) >= 11 is 0. The van der Waals surface area contributed by atoms with E-state index >= 15 is 0 Å². The minimum Gasteiger partial charge on any atom is -0.497 e. The van der Waals surface area contributed by atoms with E-state index in [2.05, 4.69) is 15.4 Å². The lowest BCUT2D eigenvalue weighted by atomic mass is 10.2. The molecule has 2 aromatic rings. The first-order valence-corrected chi connectivity index (χ1v) is 10.3. The van der Waals surface area contributed by atoms with Gasteiger partial charge in [-0.1, -0.05) is 0 Å². The van der Waals surface area contributed by atoms with Crippen LogP contribution in [0.25, 0.3) is 0 Å². The molecule has 2 amide bonds. The number of rotatable bonds is 6.